The van der Waals surface area contributed by atoms with Crippen LogP contribution in [0.3, 0.4) is 0 Å². The fourth-order valence-corrected chi connectivity index (χ4v) is 4.62. The SMILES string of the molecule is CN=Cc1ccccc1Pc1cc(-c2ccccc2)cc(-c2ccccc2)c1O.[Cl][Ti][Cl]. The van der Waals surface area contributed by atoms with Crippen molar-refractivity contribution in [3.8, 4) is 28.0 Å². The number of phenolic OH excluding ortho intramolecular Hbond substituents is 1. The van der Waals surface area contributed by atoms with Crippen LogP contribution in [-0.2, 0) is 17.0 Å². The summed E-state index contributed by atoms with van der Waals surface area (Å²) >= 11 is -0.556. The third-order valence-corrected chi connectivity index (χ3v) is 6.18. The summed E-state index contributed by atoms with van der Waals surface area (Å²) in [5.74, 6) is 0.345. The van der Waals surface area contributed by atoms with Crippen LogP contribution in [0.15, 0.2) is 102 Å². The molecule has 0 aliphatic heterocycles. The van der Waals surface area contributed by atoms with Crippen LogP contribution >= 0.6 is 27.2 Å². The second kappa shape index (κ2) is 12.9. The summed E-state index contributed by atoms with van der Waals surface area (Å²) in [7, 11) is 11.9. The Morgan fingerprint density at radius 3 is 1.94 bits per heavy atom. The first kappa shape index (κ1) is 24.7. The van der Waals surface area contributed by atoms with E-state index in [4.69, 9.17) is 18.6 Å². The summed E-state index contributed by atoms with van der Waals surface area (Å²) in [4.78, 5) is 4.18. The second-order valence-corrected chi connectivity index (χ2v) is 10.7. The maximum absolute atomic E-state index is 11.2. The first-order valence-electron chi connectivity index (χ1n) is 9.90. The molecule has 0 aliphatic rings. The van der Waals surface area contributed by atoms with E-state index in [1.165, 1.54) is 0 Å². The molecule has 6 heteroatoms. The molecule has 0 aromatic heterocycles. The van der Waals surface area contributed by atoms with Gasteiger partial charge in [0.15, 0.2) is 0 Å². The van der Waals surface area contributed by atoms with Crippen LogP contribution < -0.4 is 10.6 Å². The molecule has 4 rings (SSSR count). The molecular weight excluding hydrogens is 492 g/mol. The van der Waals surface area contributed by atoms with E-state index in [1.54, 1.807) is 7.05 Å². The number of halogens is 2. The Kier molecular flexibility index (Phi) is 10.00. The number of hydrogen-bond acceptors (Lipinski definition) is 2. The minimum atomic E-state index is -0.556. The van der Waals surface area contributed by atoms with Gasteiger partial charge in [-0.05, 0) is 39.7 Å². The molecule has 0 bridgehead atoms. The molecule has 1 N–H and O–H groups in total. The molecule has 160 valence electrons. The average Bonchev–Trinajstić information content (AvgIpc) is 2.83. The van der Waals surface area contributed by atoms with Gasteiger partial charge in [0.1, 0.15) is 5.75 Å². The molecule has 0 saturated carbocycles. The fourth-order valence-electron chi connectivity index (χ4n) is 3.37. The zero-order chi connectivity index (χ0) is 22.8. The van der Waals surface area contributed by atoms with Gasteiger partial charge in [-0.1, -0.05) is 93.5 Å². The van der Waals surface area contributed by atoms with Gasteiger partial charge < -0.3 is 5.11 Å². The minimum absolute atomic E-state index is 0.326. The topological polar surface area (TPSA) is 32.6 Å². The number of rotatable bonds is 5. The van der Waals surface area contributed by atoms with Crippen LogP contribution in [0.2, 0.25) is 0 Å². The molecule has 0 spiro atoms. The summed E-state index contributed by atoms with van der Waals surface area (Å²) in [5, 5.41) is 13.3. The first-order valence-corrected chi connectivity index (χ1v) is 15.2. The Balaban J connectivity index is 0.000000913. The number of aliphatic imine (C=N–C) groups is 1. The van der Waals surface area contributed by atoms with Gasteiger partial charge >= 0.3 is 35.6 Å². The van der Waals surface area contributed by atoms with Crippen LogP contribution in [0.1, 0.15) is 5.56 Å². The van der Waals surface area contributed by atoms with Gasteiger partial charge in [0.05, 0.1) is 0 Å². The number of phenols is 1. The van der Waals surface area contributed by atoms with E-state index < -0.39 is 17.0 Å². The van der Waals surface area contributed by atoms with E-state index in [9.17, 15) is 5.11 Å². The Morgan fingerprint density at radius 2 is 1.31 bits per heavy atom. The third-order valence-electron chi connectivity index (χ3n) is 4.80. The zero-order valence-electron chi connectivity index (χ0n) is 17.5. The monoisotopic (exact) mass is 513 g/mol. The van der Waals surface area contributed by atoms with E-state index in [0.717, 1.165) is 38.4 Å². The van der Waals surface area contributed by atoms with Crippen LogP contribution in [0, 0.1) is 0 Å². The Labute approximate surface area is 207 Å². The summed E-state index contributed by atoms with van der Waals surface area (Å²) in [6.07, 6.45) is 1.87. The van der Waals surface area contributed by atoms with Crippen LogP contribution in [-0.4, -0.2) is 18.4 Å². The molecule has 0 fully saturated rings. The number of benzene rings is 4. The van der Waals surface area contributed by atoms with Gasteiger partial charge in [0, 0.05) is 24.1 Å². The second-order valence-electron chi connectivity index (χ2n) is 6.82. The van der Waals surface area contributed by atoms with Gasteiger partial charge in [-0.3, -0.25) is 4.99 Å². The summed E-state index contributed by atoms with van der Waals surface area (Å²) in [6, 6.07) is 32.8. The van der Waals surface area contributed by atoms with Gasteiger partial charge in [-0.25, -0.2) is 0 Å². The van der Waals surface area contributed by atoms with Crippen molar-refractivity contribution in [3.63, 3.8) is 0 Å². The first-order chi connectivity index (χ1) is 15.7. The van der Waals surface area contributed by atoms with E-state index in [-0.39, 0.29) is 0 Å². The van der Waals surface area contributed by atoms with Crippen molar-refractivity contribution >= 4 is 44.0 Å². The van der Waals surface area contributed by atoms with Gasteiger partial charge in [-0.15, -0.1) is 0 Å². The molecule has 0 heterocycles. The standard InChI is InChI=1S/C26H22NOP.2ClH.Ti/c1-27-18-21-14-8-9-15-24(21)29-25-17-22(19-10-4-2-5-11-19)16-23(26(25)28)20-12-6-3-7-13-20;;;/h2-18,28-29H,1H3;2*1H;/q;;;+2/p-2. The quantitative estimate of drug-likeness (QED) is 0.178. The van der Waals surface area contributed by atoms with Crippen molar-refractivity contribution in [1.29, 1.82) is 0 Å². The summed E-state index contributed by atoms with van der Waals surface area (Å²) < 4.78 is 0. The predicted molar refractivity (Wildman–Crippen MR) is 138 cm³/mol. The predicted octanol–water partition coefficient (Wildman–Crippen LogP) is 6.78. The molecule has 0 radical (unpaired) electrons. The van der Waals surface area contributed by atoms with Crippen LogP contribution in [0.4, 0.5) is 0 Å². The molecule has 2 nitrogen and oxygen atoms in total. The summed E-state index contributed by atoms with van der Waals surface area (Å²) in [6.45, 7) is 0. The molecule has 1 atom stereocenters. The Hall–Kier alpha value is -1.93. The van der Waals surface area contributed by atoms with E-state index in [0.29, 0.717) is 14.3 Å². The molecule has 0 amide bonds. The third kappa shape index (κ3) is 6.54. The normalized spacial score (nSPS) is 10.8. The molecule has 0 saturated heterocycles. The van der Waals surface area contributed by atoms with E-state index in [1.807, 2.05) is 66.9 Å². The van der Waals surface area contributed by atoms with E-state index >= 15 is 0 Å². The van der Waals surface area contributed by atoms with Crippen molar-refractivity contribution < 1.29 is 22.1 Å². The van der Waals surface area contributed by atoms with Crippen molar-refractivity contribution in [2.45, 2.75) is 0 Å². The van der Waals surface area contributed by atoms with Crippen molar-refractivity contribution in [2.75, 3.05) is 7.05 Å². The molecule has 32 heavy (non-hydrogen) atoms. The molecule has 4 aromatic carbocycles. The Bertz CT molecular complexity index is 1170. The van der Waals surface area contributed by atoms with Gasteiger partial charge in [0.2, 0.25) is 0 Å². The molecule has 4 aromatic rings. The Morgan fingerprint density at radius 1 is 0.750 bits per heavy atom. The van der Waals surface area contributed by atoms with E-state index in [2.05, 4.69) is 41.4 Å². The number of aromatic hydroxyl groups is 1. The zero-order valence-corrected chi connectivity index (χ0v) is 21.5. The van der Waals surface area contributed by atoms with Crippen molar-refractivity contribution in [3.05, 3.63) is 103 Å². The fraction of sp³-hybridized carbons (Fsp3) is 0.0385. The van der Waals surface area contributed by atoms with Crippen LogP contribution in [0.25, 0.3) is 22.3 Å². The van der Waals surface area contributed by atoms with Gasteiger partial charge in [0.25, 0.3) is 0 Å². The maximum atomic E-state index is 11.2. The molecular formula is C26H22Cl2NOPTi. The molecule has 0 aliphatic carbocycles. The van der Waals surface area contributed by atoms with Crippen molar-refractivity contribution in [2.24, 2.45) is 4.99 Å². The number of nitrogens with zero attached hydrogens (tertiary/aromatic N) is 1. The number of hydrogen-bond donors (Lipinski definition) is 1. The average molecular weight is 514 g/mol. The summed E-state index contributed by atoms with van der Waals surface area (Å²) in [5.41, 5.74) is 5.19. The van der Waals surface area contributed by atoms with Crippen molar-refractivity contribution in [1.82, 2.24) is 0 Å². The molecule has 1 unspecified atom stereocenters. The van der Waals surface area contributed by atoms with Gasteiger partial charge in [-0.2, -0.15) is 0 Å². The van der Waals surface area contributed by atoms with Crippen LogP contribution in [0.5, 0.6) is 5.75 Å².